The number of aromatic nitrogens is 4. The number of pyridine rings is 1. The van der Waals surface area contributed by atoms with Crippen LogP contribution in [0.25, 0.3) is 21.7 Å². The van der Waals surface area contributed by atoms with E-state index < -0.39 is 5.91 Å². The molecule has 0 unspecified atom stereocenters. The zero-order chi connectivity index (χ0) is 17.2. The third kappa shape index (κ3) is 2.92. The van der Waals surface area contributed by atoms with E-state index in [2.05, 4.69) is 25.4 Å². The smallest absolute Gasteiger partial charge is 0.295 e. The van der Waals surface area contributed by atoms with E-state index in [9.17, 15) is 4.79 Å². The number of carbonyl (C=O) groups excluding carboxylic acids is 1. The molecule has 0 aliphatic carbocycles. The third-order valence-corrected chi connectivity index (χ3v) is 4.18. The van der Waals surface area contributed by atoms with Gasteiger partial charge in [-0.3, -0.25) is 9.78 Å². The molecule has 0 bridgehead atoms. The first-order chi connectivity index (χ1) is 12.2. The van der Waals surface area contributed by atoms with Crippen LogP contribution in [0.2, 0.25) is 0 Å². The van der Waals surface area contributed by atoms with Crippen molar-refractivity contribution in [2.45, 2.75) is 0 Å². The van der Waals surface area contributed by atoms with Crippen LogP contribution < -0.4 is 10.1 Å². The number of fused-ring (bicyclic) bond motifs is 1. The minimum absolute atomic E-state index is 0.0261. The molecule has 0 aliphatic heterocycles. The van der Waals surface area contributed by atoms with Crippen molar-refractivity contribution in [3.05, 3.63) is 47.7 Å². The summed E-state index contributed by atoms with van der Waals surface area (Å²) in [6.07, 6.45) is 1.66. The van der Waals surface area contributed by atoms with E-state index in [1.807, 2.05) is 29.6 Å². The van der Waals surface area contributed by atoms with Gasteiger partial charge in [-0.1, -0.05) is 6.07 Å². The number of amides is 1. The average Bonchev–Trinajstić information content (AvgIpc) is 3.31. The van der Waals surface area contributed by atoms with Gasteiger partial charge >= 0.3 is 0 Å². The van der Waals surface area contributed by atoms with Gasteiger partial charge in [0.25, 0.3) is 11.8 Å². The lowest BCUT2D eigenvalue weighted by Gasteiger charge is -2.06. The fourth-order valence-electron chi connectivity index (χ4n) is 2.19. The normalized spacial score (nSPS) is 10.8. The number of anilines is 1. The summed E-state index contributed by atoms with van der Waals surface area (Å²) in [5, 5.41) is 8.97. The van der Waals surface area contributed by atoms with Crippen LogP contribution in [-0.2, 0) is 0 Å². The molecule has 0 atom stereocenters. The molecular formula is C16H11N5O3S. The lowest BCUT2D eigenvalue weighted by molar-refractivity contribution is 0.0987. The van der Waals surface area contributed by atoms with Crippen molar-refractivity contribution in [3.8, 4) is 17.4 Å². The highest BCUT2D eigenvalue weighted by molar-refractivity contribution is 7.16. The van der Waals surface area contributed by atoms with Gasteiger partial charge in [0.1, 0.15) is 16.3 Å². The monoisotopic (exact) mass is 353 g/mol. The van der Waals surface area contributed by atoms with Crippen LogP contribution in [0.15, 0.2) is 46.4 Å². The number of hydrogen-bond donors (Lipinski definition) is 1. The van der Waals surface area contributed by atoms with E-state index in [-0.39, 0.29) is 11.6 Å². The number of hydrogen-bond acceptors (Lipinski definition) is 8. The quantitative estimate of drug-likeness (QED) is 0.601. The molecule has 124 valence electrons. The SMILES string of the molecule is COc1cc(C(=O)Nc2nc(-c3ccccn3)nc3sccc23)on1. The Hall–Kier alpha value is -3.33. The van der Waals surface area contributed by atoms with E-state index in [1.165, 1.54) is 24.5 Å². The topological polar surface area (TPSA) is 103 Å². The summed E-state index contributed by atoms with van der Waals surface area (Å²) in [5.41, 5.74) is 0.620. The first-order valence-electron chi connectivity index (χ1n) is 7.23. The minimum atomic E-state index is -0.478. The van der Waals surface area contributed by atoms with E-state index >= 15 is 0 Å². The molecule has 0 aliphatic rings. The zero-order valence-corrected chi connectivity index (χ0v) is 13.8. The van der Waals surface area contributed by atoms with Crippen LogP contribution in [0, 0.1) is 0 Å². The molecule has 0 radical (unpaired) electrons. The van der Waals surface area contributed by atoms with Crippen molar-refractivity contribution in [3.63, 3.8) is 0 Å². The van der Waals surface area contributed by atoms with Gasteiger partial charge in [-0.05, 0) is 28.7 Å². The Balaban J connectivity index is 1.73. The second kappa shape index (κ2) is 6.29. The lowest BCUT2D eigenvalue weighted by Crippen LogP contribution is -2.13. The molecule has 0 saturated carbocycles. The summed E-state index contributed by atoms with van der Waals surface area (Å²) in [6, 6.07) is 8.72. The molecule has 25 heavy (non-hydrogen) atoms. The zero-order valence-electron chi connectivity index (χ0n) is 13.0. The van der Waals surface area contributed by atoms with Crippen LogP contribution >= 0.6 is 11.3 Å². The van der Waals surface area contributed by atoms with E-state index in [0.29, 0.717) is 17.3 Å². The maximum absolute atomic E-state index is 12.4. The van der Waals surface area contributed by atoms with E-state index in [1.54, 1.807) is 6.20 Å². The van der Waals surface area contributed by atoms with Crippen LogP contribution in [0.4, 0.5) is 5.82 Å². The molecule has 1 N–H and O–H groups in total. The average molecular weight is 353 g/mol. The van der Waals surface area contributed by atoms with Gasteiger partial charge < -0.3 is 14.6 Å². The Morgan fingerprint density at radius 1 is 1.28 bits per heavy atom. The Labute approximate surface area is 145 Å². The maximum atomic E-state index is 12.4. The summed E-state index contributed by atoms with van der Waals surface area (Å²) >= 11 is 1.45. The van der Waals surface area contributed by atoms with E-state index in [0.717, 1.165) is 10.2 Å². The van der Waals surface area contributed by atoms with Gasteiger partial charge in [0.15, 0.2) is 5.82 Å². The number of carbonyl (C=O) groups is 1. The van der Waals surface area contributed by atoms with Crippen molar-refractivity contribution < 1.29 is 14.1 Å². The highest BCUT2D eigenvalue weighted by Gasteiger charge is 2.18. The second-order valence-corrected chi connectivity index (χ2v) is 5.83. The Bertz CT molecular complexity index is 1040. The number of ether oxygens (including phenoxy) is 1. The number of nitrogens with zero attached hydrogens (tertiary/aromatic N) is 4. The molecule has 0 saturated heterocycles. The van der Waals surface area contributed by atoms with Crippen molar-refractivity contribution in [2.24, 2.45) is 0 Å². The van der Waals surface area contributed by atoms with Crippen LogP contribution in [0.3, 0.4) is 0 Å². The predicted octanol–water partition coefficient (Wildman–Crippen LogP) is 3.00. The van der Waals surface area contributed by atoms with Crippen LogP contribution in [0.5, 0.6) is 5.88 Å². The molecule has 0 aromatic carbocycles. The van der Waals surface area contributed by atoms with Crippen molar-refractivity contribution >= 4 is 33.3 Å². The summed E-state index contributed by atoms with van der Waals surface area (Å²) < 4.78 is 9.87. The second-order valence-electron chi connectivity index (χ2n) is 4.94. The molecular weight excluding hydrogens is 342 g/mol. The van der Waals surface area contributed by atoms with Gasteiger partial charge in [-0.15, -0.1) is 11.3 Å². The fourth-order valence-corrected chi connectivity index (χ4v) is 2.96. The number of rotatable bonds is 4. The molecule has 9 heteroatoms. The van der Waals surface area contributed by atoms with Crippen LogP contribution in [0.1, 0.15) is 10.6 Å². The number of methoxy groups -OCH3 is 1. The Morgan fingerprint density at radius 2 is 2.20 bits per heavy atom. The van der Waals surface area contributed by atoms with Crippen molar-refractivity contribution in [1.82, 2.24) is 20.1 Å². The van der Waals surface area contributed by atoms with Crippen molar-refractivity contribution in [2.75, 3.05) is 12.4 Å². The molecule has 4 aromatic rings. The first kappa shape index (κ1) is 15.2. The van der Waals surface area contributed by atoms with Gasteiger partial charge in [0.2, 0.25) is 5.76 Å². The largest absolute Gasteiger partial charge is 0.479 e. The van der Waals surface area contributed by atoms with Gasteiger partial charge in [0.05, 0.1) is 18.6 Å². The highest BCUT2D eigenvalue weighted by Crippen LogP contribution is 2.28. The van der Waals surface area contributed by atoms with Gasteiger partial charge in [-0.2, -0.15) is 0 Å². The molecule has 4 rings (SSSR count). The Morgan fingerprint density at radius 3 is 2.96 bits per heavy atom. The van der Waals surface area contributed by atoms with E-state index in [4.69, 9.17) is 9.26 Å². The maximum Gasteiger partial charge on any atom is 0.295 e. The number of nitrogens with one attached hydrogen (secondary N) is 1. The minimum Gasteiger partial charge on any atom is -0.479 e. The summed E-state index contributed by atoms with van der Waals surface area (Å²) in [4.78, 5) is 26.3. The first-order valence-corrected chi connectivity index (χ1v) is 8.11. The fraction of sp³-hybridized carbons (Fsp3) is 0.0625. The summed E-state index contributed by atoms with van der Waals surface area (Å²) in [6.45, 7) is 0. The molecule has 0 spiro atoms. The third-order valence-electron chi connectivity index (χ3n) is 3.37. The lowest BCUT2D eigenvalue weighted by atomic mass is 10.3. The standard InChI is InChI=1S/C16H11N5O3S/c1-23-12-8-11(24-21-12)15(22)19-13-9-5-7-25-16(9)20-14(18-13)10-4-2-3-6-17-10/h2-8H,1H3,(H,18,19,20,22). The van der Waals surface area contributed by atoms with Gasteiger partial charge in [0, 0.05) is 6.20 Å². The van der Waals surface area contributed by atoms with Gasteiger partial charge in [-0.25, -0.2) is 9.97 Å². The summed E-state index contributed by atoms with van der Waals surface area (Å²) in [5.74, 6) is 0.586. The predicted molar refractivity (Wildman–Crippen MR) is 91.7 cm³/mol. The molecule has 4 heterocycles. The molecule has 4 aromatic heterocycles. The highest BCUT2D eigenvalue weighted by atomic mass is 32.1. The van der Waals surface area contributed by atoms with Crippen LogP contribution in [-0.4, -0.2) is 33.1 Å². The molecule has 1 amide bonds. The Kier molecular flexibility index (Phi) is 3.82. The summed E-state index contributed by atoms with van der Waals surface area (Å²) in [7, 11) is 1.44. The molecule has 8 nitrogen and oxygen atoms in total. The van der Waals surface area contributed by atoms with Crippen molar-refractivity contribution in [1.29, 1.82) is 0 Å². The number of thiophene rings is 1. The molecule has 0 fully saturated rings.